The number of nitriles is 1. The molecule has 0 amide bonds. The predicted molar refractivity (Wildman–Crippen MR) is 68.7 cm³/mol. The molecule has 0 radical (unpaired) electrons. The van der Waals surface area contributed by atoms with Crippen LogP contribution in [0.15, 0.2) is 24.5 Å². The first-order chi connectivity index (χ1) is 8.17. The summed E-state index contributed by atoms with van der Waals surface area (Å²) in [7, 11) is 3.55. The van der Waals surface area contributed by atoms with Gasteiger partial charge in [-0.1, -0.05) is 11.6 Å². The Balaban J connectivity index is 2.66. The van der Waals surface area contributed by atoms with Gasteiger partial charge >= 0.3 is 0 Å². The Hall–Kier alpha value is -1.92. The molecular formula is C13H11ClN2O. The largest absolute Gasteiger partial charge is 0.504 e. The number of hydrogen-bond donors (Lipinski definition) is 0. The highest BCUT2D eigenvalue weighted by Gasteiger charge is 2.08. The Morgan fingerprint density at radius 2 is 2.18 bits per heavy atom. The van der Waals surface area contributed by atoms with Crippen LogP contribution in [0.25, 0.3) is 17.0 Å². The van der Waals surface area contributed by atoms with Crippen LogP contribution in [-0.4, -0.2) is 11.7 Å². The maximum atomic E-state index is 8.92. The molecule has 0 fully saturated rings. The molecule has 17 heavy (non-hydrogen) atoms. The first-order valence-corrected chi connectivity index (χ1v) is 5.43. The van der Waals surface area contributed by atoms with Crippen LogP contribution in [0.3, 0.4) is 0 Å². The van der Waals surface area contributed by atoms with E-state index >= 15 is 0 Å². The van der Waals surface area contributed by atoms with E-state index in [0.29, 0.717) is 10.6 Å². The van der Waals surface area contributed by atoms with Gasteiger partial charge in [-0.05, 0) is 24.3 Å². The summed E-state index contributed by atoms with van der Waals surface area (Å²) < 4.78 is 6.89. The van der Waals surface area contributed by atoms with Crippen LogP contribution in [0.2, 0.25) is 5.02 Å². The third kappa shape index (κ3) is 2.00. The fourth-order valence-electron chi connectivity index (χ4n) is 1.76. The number of nitrogens with zero attached hydrogens (tertiary/aromatic N) is 2. The van der Waals surface area contributed by atoms with E-state index in [4.69, 9.17) is 21.6 Å². The summed E-state index contributed by atoms with van der Waals surface area (Å²) in [5.74, 6) is 0. The molecule has 1 heterocycles. The maximum Gasteiger partial charge on any atom is 0.101 e. The van der Waals surface area contributed by atoms with Crippen molar-refractivity contribution in [1.29, 1.82) is 5.26 Å². The molecule has 0 aliphatic carbocycles. The number of hydrogen-bond acceptors (Lipinski definition) is 2. The molecule has 0 saturated heterocycles. The molecule has 1 aromatic heterocycles. The zero-order valence-corrected chi connectivity index (χ0v) is 10.3. The SMILES string of the molecule is COC=Cc1cc2cc(C#N)c(Cl)cc2n1C. The number of aryl methyl sites for hydroxylation is 1. The lowest BCUT2D eigenvalue weighted by atomic mass is 10.2. The van der Waals surface area contributed by atoms with Gasteiger partial charge in [-0.25, -0.2) is 0 Å². The van der Waals surface area contributed by atoms with Crippen molar-refractivity contribution in [3.63, 3.8) is 0 Å². The molecule has 0 unspecified atom stereocenters. The summed E-state index contributed by atoms with van der Waals surface area (Å²) in [6.45, 7) is 0. The van der Waals surface area contributed by atoms with E-state index in [1.54, 1.807) is 25.5 Å². The monoisotopic (exact) mass is 246 g/mol. The van der Waals surface area contributed by atoms with E-state index in [1.807, 2.05) is 23.8 Å². The second kappa shape index (κ2) is 4.52. The minimum absolute atomic E-state index is 0.475. The van der Waals surface area contributed by atoms with E-state index in [2.05, 4.69) is 6.07 Å². The highest BCUT2D eigenvalue weighted by Crippen LogP contribution is 2.26. The smallest absolute Gasteiger partial charge is 0.101 e. The van der Waals surface area contributed by atoms with Crippen molar-refractivity contribution in [2.45, 2.75) is 0 Å². The summed E-state index contributed by atoms with van der Waals surface area (Å²) in [4.78, 5) is 0. The third-order valence-electron chi connectivity index (χ3n) is 2.66. The molecule has 3 nitrogen and oxygen atoms in total. The first kappa shape index (κ1) is 11.6. The minimum Gasteiger partial charge on any atom is -0.504 e. The fourth-order valence-corrected chi connectivity index (χ4v) is 1.96. The number of halogens is 1. The van der Waals surface area contributed by atoms with Gasteiger partial charge in [0.25, 0.3) is 0 Å². The van der Waals surface area contributed by atoms with E-state index in [9.17, 15) is 0 Å². The lowest BCUT2D eigenvalue weighted by molar-refractivity contribution is 0.341. The Bertz CT molecular complexity index is 635. The van der Waals surface area contributed by atoms with Gasteiger partial charge in [0.15, 0.2) is 0 Å². The summed E-state index contributed by atoms with van der Waals surface area (Å²) >= 11 is 6.01. The van der Waals surface area contributed by atoms with Crippen molar-refractivity contribution >= 4 is 28.6 Å². The van der Waals surface area contributed by atoms with Crippen LogP contribution in [0.1, 0.15) is 11.3 Å². The summed E-state index contributed by atoms with van der Waals surface area (Å²) in [6.07, 6.45) is 3.47. The summed E-state index contributed by atoms with van der Waals surface area (Å²) in [6, 6.07) is 7.66. The van der Waals surface area contributed by atoms with Gasteiger partial charge in [-0.2, -0.15) is 5.26 Å². The summed E-state index contributed by atoms with van der Waals surface area (Å²) in [5, 5.41) is 10.4. The van der Waals surface area contributed by atoms with Gasteiger partial charge in [0, 0.05) is 23.6 Å². The first-order valence-electron chi connectivity index (χ1n) is 5.06. The molecule has 0 spiro atoms. The molecule has 0 aliphatic heterocycles. The van der Waals surface area contributed by atoms with Gasteiger partial charge in [-0.15, -0.1) is 0 Å². The lowest BCUT2D eigenvalue weighted by Gasteiger charge is -2.00. The Morgan fingerprint density at radius 3 is 2.82 bits per heavy atom. The average Bonchev–Trinajstić information content (AvgIpc) is 2.63. The van der Waals surface area contributed by atoms with Crippen LogP contribution in [0.5, 0.6) is 0 Å². The van der Waals surface area contributed by atoms with E-state index in [1.165, 1.54) is 0 Å². The van der Waals surface area contributed by atoms with Crippen LogP contribution >= 0.6 is 11.6 Å². The zero-order valence-electron chi connectivity index (χ0n) is 9.57. The molecule has 0 atom stereocenters. The van der Waals surface area contributed by atoms with Gasteiger partial charge in [0.05, 0.1) is 24.0 Å². The zero-order chi connectivity index (χ0) is 12.4. The molecule has 0 bridgehead atoms. The number of fused-ring (bicyclic) bond motifs is 1. The van der Waals surface area contributed by atoms with Crippen molar-refractivity contribution in [3.05, 3.63) is 40.7 Å². The molecule has 0 aliphatic rings. The molecule has 0 saturated carbocycles. The van der Waals surface area contributed by atoms with Crippen molar-refractivity contribution in [3.8, 4) is 6.07 Å². The van der Waals surface area contributed by atoms with E-state index < -0.39 is 0 Å². The normalized spacial score (nSPS) is 10.9. The fraction of sp³-hybridized carbons (Fsp3) is 0.154. The van der Waals surface area contributed by atoms with Gasteiger partial charge in [0.2, 0.25) is 0 Å². The standard InChI is InChI=1S/C13H11ClN2O/c1-16-11(3-4-17-2)6-9-5-10(8-15)12(14)7-13(9)16/h3-7H,1-2H3. The average molecular weight is 247 g/mol. The van der Waals surface area contributed by atoms with Crippen LogP contribution in [-0.2, 0) is 11.8 Å². The quantitative estimate of drug-likeness (QED) is 0.763. The number of benzene rings is 1. The predicted octanol–water partition coefficient (Wildman–Crippen LogP) is 3.32. The molecule has 4 heteroatoms. The van der Waals surface area contributed by atoms with Gasteiger partial charge < -0.3 is 9.30 Å². The molecular weight excluding hydrogens is 236 g/mol. The van der Waals surface area contributed by atoms with Crippen molar-refractivity contribution < 1.29 is 4.74 Å². The second-order valence-corrected chi connectivity index (χ2v) is 4.08. The number of rotatable bonds is 2. The number of methoxy groups -OCH3 is 1. The van der Waals surface area contributed by atoms with Crippen LogP contribution in [0.4, 0.5) is 0 Å². The van der Waals surface area contributed by atoms with Crippen molar-refractivity contribution in [2.24, 2.45) is 7.05 Å². The minimum atomic E-state index is 0.475. The topological polar surface area (TPSA) is 37.9 Å². The Labute approximate surface area is 104 Å². The molecule has 0 N–H and O–H groups in total. The maximum absolute atomic E-state index is 8.92. The Morgan fingerprint density at radius 1 is 1.41 bits per heavy atom. The van der Waals surface area contributed by atoms with Crippen molar-refractivity contribution in [1.82, 2.24) is 4.57 Å². The third-order valence-corrected chi connectivity index (χ3v) is 2.98. The lowest BCUT2D eigenvalue weighted by Crippen LogP contribution is -1.90. The number of aromatic nitrogens is 1. The van der Waals surface area contributed by atoms with Crippen molar-refractivity contribution in [2.75, 3.05) is 7.11 Å². The highest BCUT2D eigenvalue weighted by atomic mass is 35.5. The second-order valence-electron chi connectivity index (χ2n) is 3.67. The van der Waals surface area contributed by atoms with Gasteiger partial charge in [-0.3, -0.25) is 0 Å². The summed E-state index contributed by atoms with van der Waals surface area (Å²) in [5.41, 5.74) is 2.48. The Kier molecular flexibility index (Phi) is 3.08. The molecule has 1 aromatic carbocycles. The molecule has 2 aromatic rings. The molecule has 2 rings (SSSR count). The van der Waals surface area contributed by atoms with Crippen LogP contribution < -0.4 is 0 Å². The molecule has 86 valence electrons. The number of ether oxygens (including phenoxy) is 1. The van der Waals surface area contributed by atoms with E-state index in [0.717, 1.165) is 16.6 Å². The van der Waals surface area contributed by atoms with Gasteiger partial charge in [0.1, 0.15) is 6.07 Å². The van der Waals surface area contributed by atoms with E-state index in [-0.39, 0.29) is 0 Å². The highest BCUT2D eigenvalue weighted by molar-refractivity contribution is 6.32. The van der Waals surface area contributed by atoms with Crippen LogP contribution in [0, 0.1) is 11.3 Å².